The van der Waals surface area contributed by atoms with E-state index in [2.05, 4.69) is 15.9 Å². The lowest BCUT2D eigenvalue weighted by Gasteiger charge is -2.10. The van der Waals surface area contributed by atoms with Crippen molar-refractivity contribution in [3.8, 4) is 0 Å². The van der Waals surface area contributed by atoms with Gasteiger partial charge in [-0.15, -0.1) is 0 Å². The summed E-state index contributed by atoms with van der Waals surface area (Å²) in [4.78, 5) is 10.5. The molecule has 1 aromatic carbocycles. The molecule has 1 atom stereocenters. The SMILES string of the molecule is NC(Cc1c(F)ccc(Cl)c1Br)C(=O)O. The zero-order valence-corrected chi connectivity index (χ0v) is 9.85. The molecule has 6 heteroatoms. The Kier molecular flexibility index (Phi) is 4.07. The summed E-state index contributed by atoms with van der Waals surface area (Å²) < 4.78 is 13.7. The molecule has 0 aliphatic heterocycles. The van der Waals surface area contributed by atoms with Crippen LogP contribution in [0.15, 0.2) is 16.6 Å². The number of halogens is 3. The van der Waals surface area contributed by atoms with Gasteiger partial charge in [-0.3, -0.25) is 4.79 Å². The summed E-state index contributed by atoms with van der Waals surface area (Å²) in [6, 6.07) is 1.42. The summed E-state index contributed by atoms with van der Waals surface area (Å²) in [6.45, 7) is 0. The van der Waals surface area contributed by atoms with Crippen LogP contribution in [0.3, 0.4) is 0 Å². The average molecular weight is 297 g/mol. The molecule has 0 heterocycles. The first-order valence-electron chi connectivity index (χ1n) is 4.04. The van der Waals surface area contributed by atoms with Crippen LogP contribution in [0.2, 0.25) is 5.02 Å². The van der Waals surface area contributed by atoms with Gasteiger partial charge in [-0.1, -0.05) is 11.6 Å². The normalized spacial score (nSPS) is 12.5. The third-order valence-corrected chi connectivity index (χ3v) is 3.33. The fraction of sp³-hybridized carbons (Fsp3) is 0.222. The van der Waals surface area contributed by atoms with Crippen LogP contribution in [0.4, 0.5) is 4.39 Å². The van der Waals surface area contributed by atoms with Gasteiger partial charge in [-0.05, 0) is 28.1 Å². The lowest BCUT2D eigenvalue weighted by atomic mass is 10.1. The number of carbonyl (C=O) groups is 1. The second-order valence-electron chi connectivity index (χ2n) is 2.97. The summed E-state index contributed by atoms with van der Waals surface area (Å²) in [5.41, 5.74) is 5.48. The van der Waals surface area contributed by atoms with E-state index in [1.165, 1.54) is 12.1 Å². The van der Waals surface area contributed by atoms with Gasteiger partial charge in [0.1, 0.15) is 11.9 Å². The molecule has 0 amide bonds. The van der Waals surface area contributed by atoms with E-state index in [9.17, 15) is 9.18 Å². The molecular formula is C9H8BrClFNO2. The minimum Gasteiger partial charge on any atom is -0.480 e. The zero-order valence-electron chi connectivity index (χ0n) is 7.51. The van der Waals surface area contributed by atoms with Gasteiger partial charge in [0.25, 0.3) is 0 Å². The number of hydrogen-bond acceptors (Lipinski definition) is 2. The highest BCUT2D eigenvalue weighted by Gasteiger charge is 2.18. The van der Waals surface area contributed by atoms with Crippen LogP contribution in [0, 0.1) is 5.82 Å². The molecule has 1 aromatic rings. The summed E-state index contributed by atoms with van der Waals surface area (Å²) in [5, 5.41) is 8.92. The van der Waals surface area contributed by atoms with Crippen LogP contribution in [0.25, 0.3) is 0 Å². The van der Waals surface area contributed by atoms with Crippen molar-refractivity contribution in [2.45, 2.75) is 12.5 Å². The molecule has 1 unspecified atom stereocenters. The second kappa shape index (κ2) is 4.92. The van der Waals surface area contributed by atoms with Gasteiger partial charge >= 0.3 is 5.97 Å². The lowest BCUT2D eigenvalue weighted by molar-refractivity contribution is -0.138. The minimum atomic E-state index is -1.18. The second-order valence-corrected chi connectivity index (χ2v) is 4.17. The van der Waals surface area contributed by atoms with Crippen molar-refractivity contribution < 1.29 is 14.3 Å². The molecule has 1 rings (SSSR count). The number of hydrogen-bond donors (Lipinski definition) is 2. The van der Waals surface area contributed by atoms with Gasteiger partial charge in [0.2, 0.25) is 0 Å². The first-order valence-corrected chi connectivity index (χ1v) is 5.21. The molecule has 3 N–H and O–H groups in total. The quantitative estimate of drug-likeness (QED) is 0.841. The van der Waals surface area contributed by atoms with Crippen LogP contribution >= 0.6 is 27.5 Å². The summed E-state index contributed by atoms with van der Waals surface area (Å²) in [5.74, 6) is -1.70. The maximum atomic E-state index is 13.3. The molecule has 0 bridgehead atoms. The van der Waals surface area contributed by atoms with Crippen molar-refractivity contribution in [1.29, 1.82) is 0 Å². The highest BCUT2D eigenvalue weighted by molar-refractivity contribution is 9.10. The van der Waals surface area contributed by atoms with Crippen LogP contribution in [0.5, 0.6) is 0 Å². The largest absolute Gasteiger partial charge is 0.480 e. The molecule has 3 nitrogen and oxygen atoms in total. The molecule has 82 valence electrons. The predicted octanol–water partition coefficient (Wildman–Crippen LogP) is 2.20. The monoisotopic (exact) mass is 295 g/mol. The number of carboxylic acid groups (broad SMARTS) is 1. The third-order valence-electron chi connectivity index (χ3n) is 1.88. The minimum absolute atomic E-state index is 0.109. The Morgan fingerprint density at radius 3 is 2.80 bits per heavy atom. The third kappa shape index (κ3) is 2.90. The van der Waals surface area contributed by atoms with Crippen molar-refractivity contribution in [2.75, 3.05) is 0 Å². The van der Waals surface area contributed by atoms with Crippen LogP contribution in [-0.4, -0.2) is 17.1 Å². The predicted molar refractivity (Wildman–Crippen MR) is 58.4 cm³/mol. The van der Waals surface area contributed by atoms with Gasteiger partial charge in [-0.25, -0.2) is 4.39 Å². The molecule has 0 aliphatic rings. The Labute approximate surface area is 99.2 Å². The van der Waals surface area contributed by atoms with Gasteiger partial charge in [0, 0.05) is 16.5 Å². The molecule has 0 aromatic heterocycles. The van der Waals surface area contributed by atoms with Gasteiger partial charge < -0.3 is 10.8 Å². The fourth-order valence-corrected chi connectivity index (χ4v) is 1.72. The molecule has 0 fully saturated rings. The number of nitrogens with two attached hydrogens (primary N) is 1. The molecule has 0 saturated carbocycles. The number of rotatable bonds is 3. The van der Waals surface area contributed by atoms with E-state index in [-0.39, 0.29) is 12.0 Å². The van der Waals surface area contributed by atoms with Crippen molar-refractivity contribution >= 4 is 33.5 Å². The first-order chi connectivity index (χ1) is 6.93. The number of carboxylic acids is 1. The lowest BCUT2D eigenvalue weighted by Crippen LogP contribution is -2.32. The van der Waals surface area contributed by atoms with E-state index in [0.717, 1.165) is 0 Å². The molecule has 0 saturated heterocycles. The molecule has 0 radical (unpaired) electrons. The maximum absolute atomic E-state index is 13.3. The van der Waals surface area contributed by atoms with Gasteiger partial charge in [0.15, 0.2) is 0 Å². The van der Waals surface area contributed by atoms with Crippen molar-refractivity contribution in [2.24, 2.45) is 5.73 Å². The molecule has 0 spiro atoms. The molecule has 0 aliphatic carbocycles. The van der Waals surface area contributed by atoms with Crippen molar-refractivity contribution in [3.63, 3.8) is 0 Å². The summed E-state index contributed by atoms with van der Waals surface area (Å²) >= 11 is 8.84. The molecule has 15 heavy (non-hydrogen) atoms. The average Bonchev–Trinajstić information content (AvgIpc) is 2.18. The highest BCUT2D eigenvalue weighted by Crippen LogP contribution is 2.29. The van der Waals surface area contributed by atoms with E-state index in [4.69, 9.17) is 22.4 Å². The smallest absolute Gasteiger partial charge is 0.320 e. The highest BCUT2D eigenvalue weighted by atomic mass is 79.9. The zero-order chi connectivity index (χ0) is 11.6. The Morgan fingerprint density at radius 2 is 2.27 bits per heavy atom. The Morgan fingerprint density at radius 1 is 1.67 bits per heavy atom. The van der Waals surface area contributed by atoms with Crippen molar-refractivity contribution in [3.05, 3.63) is 33.0 Å². The van der Waals surface area contributed by atoms with Crippen LogP contribution in [-0.2, 0) is 11.2 Å². The van der Waals surface area contributed by atoms with E-state index in [1.807, 2.05) is 0 Å². The van der Waals surface area contributed by atoms with Gasteiger partial charge in [-0.2, -0.15) is 0 Å². The Balaban J connectivity index is 3.03. The van der Waals surface area contributed by atoms with E-state index in [1.54, 1.807) is 0 Å². The van der Waals surface area contributed by atoms with E-state index >= 15 is 0 Å². The number of aliphatic carboxylic acids is 1. The van der Waals surface area contributed by atoms with Crippen LogP contribution in [0.1, 0.15) is 5.56 Å². The number of benzene rings is 1. The topological polar surface area (TPSA) is 63.3 Å². The van der Waals surface area contributed by atoms with Crippen molar-refractivity contribution in [1.82, 2.24) is 0 Å². The Bertz CT molecular complexity index is 400. The summed E-state index contributed by atoms with van der Waals surface area (Å²) in [6.07, 6.45) is -0.109. The van der Waals surface area contributed by atoms with E-state index in [0.29, 0.717) is 9.50 Å². The van der Waals surface area contributed by atoms with E-state index < -0.39 is 17.8 Å². The summed E-state index contributed by atoms with van der Waals surface area (Å²) in [7, 11) is 0. The Hall–Kier alpha value is -0.650. The standard InChI is InChI=1S/C9H8BrClFNO2/c10-8-4(3-7(13)9(14)15)6(12)2-1-5(8)11/h1-2,7H,3,13H2,(H,14,15). The maximum Gasteiger partial charge on any atom is 0.320 e. The fourth-order valence-electron chi connectivity index (χ4n) is 1.06. The van der Waals surface area contributed by atoms with Crippen LogP contribution < -0.4 is 5.73 Å². The van der Waals surface area contributed by atoms with Gasteiger partial charge in [0.05, 0.1) is 5.02 Å². The molecular weight excluding hydrogens is 288 g/mol. The first kappa shape index (κ1) is 12.4.